The van der Waals surface area contributed by atoms with E-state index in [4.69, 9.17) is 0 Å². The SMILES string of the molecule is CN(C)CCN(C[C@H]1CCCN(Cc2ccccc2F)C1)C(=O)c1ccnn1C. The third-order valence-electron chi connectivity index (χ3n) is 5.58. The molecule has 0 unspecified atom stereocenters. The van der Waals surface area contributed by atoms with E-state index in [1.54, 1.807) is 30.1 Å². The number of likely N-dealkylation sites (N-methyl/N-ethyl adjacent to an activating group) is 1. The molecule has 0 saturated carbocycles. The molecule has 0 bridgehead atoms. The number of likely N-dealkylation sites (tertiary alicyclic amines) is 1. The average molecular weight is 402 g/mol. The predicted octanol–water partition coefficient (Wildman–Crippen LogP) is 2.48. The van der Waals surface area contributed by atoms with E-state index in [0.717, 1.165) is 38.0 Å². The molecule has 1 aliphatic heterocycles. The van der Waals surface area contributed by atoms with Crippen molar-refractivity contribution in [3.05, 3.63) is 53.6 Å². The van der Waals surface area contributed by atoms with Crippen molar-refractivity contribution in [1.82, 2.24) is 24.5 Å². The summed E-state index contributed by atoms with van der Waals surface area (Å²) in [5, 5.41) is 4.14. The average Bonchev–Trinajstić information content (AvgIpc) is 3.12. The number of hydrogen-bond donors (Lipinski definition) is 0. The summed E-state index contributed by atoms with van der Waals surface area (Å²) >= 11 is 0. The lowest BCUT2D eigenvalue weighted by Gasteiger charge is -2.36. The van der Waals surface area contributed by atoms with Gasteiger partial charge in [-0.25, -0.2) is 4.39 Å². The van der Waals surface area contributed by atoms with Crippen LogP contribution in [0, 0.1) is 11.7 Å². The molecule has 1 saturated heterocycles. The van der Waals surface area contributed by atoms with Crippen molar-refractivity contribution in [2.45, 2.75) is 19.4 Å². The van der Waals surface area contributed by atoms with Crippen LogP contribution in [0.1, 0.15) is 28.9 Å². The Hall–Kier alpha value is -2.25. The highest BCUT2D eigenvalue weighted by atomic mass is 19.1. The molecule has 0 N–H and O–H groups in total. The Bertz CT molecular complexity index is 806. The van der Waals surface area contributed by atoms with Crippen molar-refractivity contribution in [1.29, 1.82) is 0 Å². The second kappa shape index (κ2) is 9.98. The molecule has 158 valence electrons. The van der Waals surface area contributed by atoms with Crippen molar-refractivity contribution in [3.8, 4) is 0 Å². The molecule has 1 atom stereocenters. The van der Waals surface area contributed by atoms with Crippen LogP contribution in [0.2, 0.25) is 0 Å². The minimum absolute atomic E-state index is 0.0260. The third kappa shape index (κ3) is 5.87. The first-order valence-corrected chi connectivity index (χ1v) is 10.3. The number of benzene rings is 1. The topological polar surface area (TPSA) is 44.6 Å². The predicted molar refractivity (Wildman–Crippen MR) is 112 cm³/mol. The van der Waals surface area contributed by atoms with Crippen LogP contribution >= 0.6 is 0 Å². The van der Waals surface area contributed by atoms with E-state index in [9.17, 15) is 9.18 Å². The zero-order chi connectivity index (χ0) is 20.8. The highest BCUT2D eigenvalue weighted by molar-refractivity contribution is 5.92. The van der Waals surface area contributed by atoms with E-state index in [-0.39, 0.29) is 11.7 Å². The Morgan fingerprint density at radius 1 is 1.24 bits per heavy atom. The molecule has 2 aromatic rings. The smallest absolute Gasteiger partial charge is 0.272 e. The van der Waals surface area contributed by atoms with Crippen LogP contribution in [0.4, 0.5) is 4.39 Å². The first-order chi connectivity index (χ1) is 13.9. The van der Waals surface area contributed by atoms with Gasteiger partial charge < -0.3 is 9.80 Å². The number of nitrogens with zero attached hydrogens (tertiary/aromatic N) is 5. The summed E-state index contributed by atoms with van der Waals surface area (Å²) in [6.07, 6.45) is 3.82. The Balaban J connectivity index is 1.65. The van der Waals surface area contributed by atoms with Crippen LogP contribution in [-0.2, 0) is 13.6 Å². The fourth-order valence-electron chi connectivity index (χ4n) is 3.97. The summed E-state index contributed by atoms with van der Waals surface area (Å²) in [6, 6.07) is 8.76. The quantitative estimate of drug-likeness (QED) is 0.682. The molecule has 0 aliphatic carbocycles. The highest BCUT2D eigenvalue weighted by Gasteiger charge is 2.26. The molecule has 6 nitrogen and oxygen atoms in total. The third-order valence-corrected chi connectivity index (χ3v) is 5.58. The van der Waals surface area contributed by atoms with E-state index in [0.29, 0.717) is 31.2 Å². The molecule has 1 fully saturated rings. The molecular formula is C22H32FN5O. The number of halogens is 1. The number of amides is 1. The normalized spacial score (nSPS) is 17.6. The number of rotatable bonds is 8. The Kier molecular flexibility index (Phi) is 7.39. The van der Waals surface area contributed by atoms with Crippen molar-refractivity contribution in [2.24, 2.45) is 13.0 Å². The van der Waals surface area contributed by atoms with Crippen molar-refractivity contribution < 1.29 is 9.18 Å². The highest BCUT2D eigenvalue weighted by Crippen LogP contribution is 2.21. The summed E-state index contributed by atoms with van der Waals surface area (Å²) in [6.45, 7) is 4.68. The van der Waals surface area contributed by atoms with Gasteiger partial charge in [0.1, 0.15) is 11.5 Å². The largest absolute Gasteiger partial charge is 0.336 e. The summed E-state index contributed by atoms with van der Waals surface area (Å²) < 4.78 is 15.7. The maximum absolute atomic E-state index is 14.0. The monoisotopic (exact) mass is 401 g/mol. The molecule has 2 heterocycles. The summed E-state index contributed by atoms with van der Waals surface area (Å²) in [5.41, 5.74) is 1.35. The Morgan fingerprint density at radius 2 is 2.03 bits per heavy atom. The first-order valence-electron chi connectivity index (χ1n) is 10.3. The van der Waals surface area contributed by atoms with E-state index in [2.05, 4.69) is 14.9 Å². The van der Waals surface area contributed by atoms with Gasteiger partial charge in [0.25, 0.3) is 5.91 Å². The Morgan fingerprint density at radius 3 is 2.72 bits per heavy atom. The molecule has 1 aliphatic rings. The zero-order valence-corrected chi connectivity index (χ0v) is 17.7. The summed E-state index contributed by atoms with van der Waals surface area (Å²) in [5.74, 6) is 0.265. The molecule has 1 aromatic carbocycles. The maximum Gasteiger partial charge on any atom is 0.272 e. The number of carbonyl (C=O) groups is 1. The fourth-order valence-corrected chi connectivity index (χ4v) is 3.97. The van der Waals surface area contributed by atoms with Crippen LogP contribution < -0.4 is 0 Å². The van der Waals surface area contributed by atoms with Gasteiger partial charge in [0.05, 0.1) is 0 Å². The van der Waals surface area contributed by atoms with Gasteiger partial charge in [-0.05, 0) is 51.5 Å². The van der Waals surface area contributed by atoms with Crippen molar-refractivity contribution >= 4 is 5.91 Å². The van der Waals surface area contributed by atoms with E-state index in [1.807, 2.05) is 31.1 Å². The molecule has 29 heavy (non-hydrogen) atoms. The number of hydrogen-bond acceptors (Lipinski definition) is 4. The second-order valence-electron chi connectivity index (χ2n) is 8.23. The maximum atomic E-state index is 14.0. The molecule has 1 amide bonds. The minimum Gasteiger partial charge on any atom is -0.336 e. The first kappa shape index (κ1) is 21.5. The van der Waals surface area contributed by atoms with Gasteiger partial charge in [0.15, 0.2) is 0 Å². The summed E-state index contributed by atoms with van der Waals surface area (Å²) in [4.78, 5) is 19.5. The zero-order valence-electron chi connectivity index (χ0n) is 17.7. The number of carbonyl (C=O) groups excluding carboxylic acids is 1. The van der Waals surface area contributed by atoms with Gasteiger partial charge >= 0.3 is 0 Å². The van der Waals surface area contributed by atoms with Crippen LogP contribution in [0.25, 0.3) is 0 Å². The van der Waals surface area contributed by atoms with Gasteiger partial charge in [-0.1, -0.05) is 18.2 Å². The number of aromatic nitrogens is 2. The molecule has 7 heteroatoms. The van der Waals surface area contributed by atoms with E-state index in [1.165, 1.54) is 6.07 Å². The van der Waals surface area contributed by atoms with E-state index >= 15 is 0 Å². The van der Waals surface area contributed by atoms with Crippen molar-refractivity contribution in [3.63, 3.8) is 0 Å². The van der Waals surface area contributed by atoms with Crippen LogP contribution in [-0.4, -0.2) is 77.2 Å². The fraction of sp³-hybridized carbons (Fsp3) is 0.545. The number of aryl methyl sites for hydroxylation is 1. The Labute approximate surface area is 172 Å². The molecule has 0 radical (unpaired) electrons. The van der Waals surface area contributed by atoms with Gasteiger partial charge in [-0.15, -0.1) is 0 Å². The van der Waals surface area contributed by atoms with Crippen LogP contribution in [0.5, 0.6) is 0 Å². The lowest BCUT2D eigenvalue weighted by Crippen LogP contribution is -2.45. The van der Waals surface area contributed by atoms with E-state index < -0.39 is 0 Å². The molecule has 3 rings (SSSR count). The van der Waals surface area contributed by atoms with Gasteiger partial charge in [0, 0.05) is 51.5 Å². The summed E-state index contributed by atoms with van der Waals surface area (Å²) in [7, 11) is 5.83. The minimum atomic E-state index is -0.145. The molecular weight excluding hydrogens is 369 g/mol. The van der Waals surface area contributed by atoms with Crippen LogP contribution in [0.15, 0.2) is 36.5 Å². The van der Waals surface area contributed by atoms with Gasteiger partial charge in [0.2, 0.25) is 0 Å². The lowest BCUT2D eigenvalue weighted by atomic mass is 9.96. The van der Waals surface area contributed by atoms with Gasteiger partial charge in [-0.2, -0.15) is 5.10 Å². The van der Waals surface area contributed by atoms with Crippen LogP contribution in [0.3, 0.4) is 0 Å². The second-order valence-corrected chi connectivity index (χ2v) is 8.23. The molecule has 1 aromatic heterocycles. The van der Waals surface area contributed by atoms with Crippen molar-refractivity contribution in [2.75, 3.05) is 46.8 Å². The number of piperidine rings is 1. The standard InChI is InChI=1S/C22H32FN5O/c1-25(2)13-14-28(22(29)21-10-11-24-26(21)3)16-18-7-6-12-27(15-18)17-19-8-4-5-9-20(19)23/h4-5,8-11,18H,6-7,12-17H2,1-3H3/t18-/m0/s1. The van der Waals surface area contributed by atoms with Gasteiger partial charge in [-0.3, -0.25) is 14.4 Å². The molecule has 0 spiro atoms. The lowest BCUT2D eigenvalue weighted by molar-refractivity contribution is 0.0649.